The Morgan fingerprint density at radius 1 is 1.31 bits per heavy atom. The zero-order valence-electron chi connectivity index (χ0n) is 9.84. The second-order valence-electron chi connectivity index (χ2n) is 4.79. The van der Waals surface area contributed by atoms with Crippen LogP contribution in [0.5, 0.6) is 0 Å². The SMILES string of the molecule is O=C(CC1CCCCO1)NCC1CCCN1. The lowest BCUT2D eigenvalue weighted by Gasteiger charge is -2.22. The maximum Gasteiger partial charge on any atom is 0.222 e. The molecule has 0 aromatic heterocycles. The van der Waals surface area contributed by atoms with Crippen LogP contribution in [0.2, 0.25) is 0 Å². The summed E-state index contributed by atoms with van der Waals surface area (Å²) in [5, 5.41) is 6.36. The van der Waals surface area contributed by atoms with Crippen LogP contribution in [0.25, 0.3) is 0 Å². The molecular formula is C12H22N2O2. The van der Waals surface area contributed by atoms with E-state index in [0.717, 1.165) is 32.5 Å². The summed E-state index contributed by atoms with van der Waals surface area (Å²) in [6, 6.07) is 0.483. The van der Waals surface area contributed by atoms with Gasteiger partial charge < -0.3 is 15.4 Å². The molecule has 2 fully saturated rings. The Morgan fingerprint density at radius 3 is 2.94 bits per heavy atom. The summed E-state index contributed by atoms with van der Waals surface area (Å²) in [6.45, 7) is 2.68. The zero-order valence-corrected chi connectivity index (χ0v) is 9.84. The summed E-state index contributed by atoms with van der Waals surface area (Å²) in [5.74, 6) is 0.139. The molecule has 2 rings (SSSR count). The highest BCUT2D eigenvalue weighted by atomic mass is 16.5. The number of amides is 1. The van der Waals surface area contributed by atoms with Gasteiger partial charge in [0, 0.05) is 19.2 Å². The third-order valence-corrected chi connectivity index (χ3v) is 3.40. The standard InChI is InChI=1S/C12H22N2O2/c15-12(8-11-5-1-2-7-16-11)14-9-10-4-3-6-13-10/h10-11,13H,1-9H2,(H,14,15). The van der Waals surface area contributed by atoms with E-state index in [9.17, 15) is 4.79 Å². The Labute approximate surface area is 97.1 Å². The first kappa shape index (κ1) is 11.9. The zero-order chi connectivity index (χ0) is 11.2. The smallest absolute Gasteiger partial charge is 0.222 e. The molecule has 2 unspecified atom stereocenters. The van der Waals surface area contributed by atoms with Gasteiger partial charge in [0.15, 0.2) is 0 Å². The lowest BCUT2D eigenvalue weighted by Crippen LogP contribution is -2.38. The predicted octanol–water partition coefficient (Wildman–Crippen LogP) is 0.814. The minimum Gasteiger partial charge on any atom is -0.378 e. The van der Waals surface area contributed by atoms with Crippen LogP contribution in [0.3, 0.4) is 0 Å². The summed E-state index contributed by atoms with van der Waals surface area (Å²) >= 11 is 0. The number of rotatable bonds is 4. The molecular weight excluding hydrogens is 204 g/mol. The fraction of sp³-hybridized carbons (Fsp3) is 0.917. The maximum absolute atomic E-state index is 11.6. The fourth-order valence-electron chi connectivity index (χ4n) is 2.42. The second-order valence-corrected chi connectivity index (χ2v) is 4.79. The molecule has 2 heterocycles. The molecule has 0 saturated carbocycles. The van der Waals surface area contributed by atoms with Crippen molar-refractivity contribution in [3.05, 3.63) is 0 Å². The number of hydrogen-bond acceptors (Lipinski definition) is 3. The van der Waals surface area contributed by atoms with E-state index < -0.39 is 0 Å². The van der Waals surface area contributed by atoms with Crippen LogP contribution in [0.1, 0.15) is 38.5 Å². The average molecular weight is 226 g/mol. The van der Waals surface area contributed by atoms with Crippen molar-refractivity contribution in [1.29, 1.82) is 0 Å². The van der Waals surface area contributed by atoms with Crippen molar-refractivity contribution in [3.8, 4) is 0 Å². The highest BCUT2D eigenvalue weighted by Gasteiger charge is 2.19. The van der Waals surface area contributed by atoms with Gasteiger partial charge in [-0.25, -0.2) is 0 Å². The number of nitrogens with one attached hydrogen (secondary N) is 2. The van der Waals surface area contributed by atoms with Crippen molar-refractivity contribution in [2.45, 2.75) is 50.7 Å². The van der Waals surface area contributed by atoms with E-state index in [1.807, 2.05) is 0 Å². The number of hydrogen-bond donors (Lipinski definition) is 2. The lowest BCUT2D eigenvalue weighted by atomic mass is 10.1. The number of carbonyl (C=O) groups excluding carboxylic acids is 1. The Hall–Kier alpha value is -0.610. The summed E-state index contributed by atoms with van der Waals surface area (Å²) in [6.07, 6.45) is 6.48. The van der Waals surface area contributed by atoms with Gasteiger partial charge in [0.25, 0.3) is 0 Å². The van der Waals surface area contributed by atoms with Gasteiger partial charge in [-0.1, -0.05) is 0 Å². The van der Waals surface area contributed by atoms with Crippen molar-refractivity contribution in [3.63, 3.8) is 0 Å². The van der Waals surface area contributed by atoms with E-state index >= 15 is 0 Å². The Bertz CT molecular complexity index is 221. The van der Waals surface area contributed by atoms with Crippen LogP contribution in [0.4, 0.5) is 0 Å². The van der Waals surface area contributed by atoms with E-state index in [1.54, 1.807) is 0 Å². The third kappa shape index (κ3) is 3.76. The van der Waals surface area contributed by atoms with E-state index in [-0.39, 0.29) is 12.0 Å². The first-order valence-electron chi connectivity index (χ1n) is 6.46. The monoisotopic (exact) mass is 226 g/mol. The molecule has 2 saturated heterocycles. The molecule has 4 heteroatoms. The molecule has 0 radical (unpaired) electrons. The average Bonchev–Trinajstić information content (AvgIpc) is 2.81. The molecule has 16 heavy (non-hydrogen) atoms. The Balaban J connectivity index is 1.59. The summed E-state index contributed by atoms with van der Waals surface area (Å²) in [7, 11) is 0. The van der Waals surface area contributed by atoms with Crippen LogP contribution in [0, 0.1) is 0 Å². The van der Waals surface area contributed by atoms with Gasteiger partial charge in [-0.15, -0.1) is 0 Å². The molecule has 0 spiro atoms. The quantitative estimate of drug-likeness (QED) is 0.746. The summed E-state index contributed by atoms with van der Waals surface area (Å²) < 4.78 is 5.54. The molecule has 4 nitrogen and oxygen atoms in total. The van der Waals surface area contributed by atoms with Crippen molar-refractivity contribution < 1.29 is 9.53 Å². The van der Waals surface area contributed by atoms with Crippen molar-refractivity contribution in [1.82, 2.24) is 10.6 Å². The van der Waals surface area contributed by atoms with Crippen LogP contribution in [-0.4, -0.2) is 37.7 Å². The Kier molecular flexibility index (Phi) is 4.60. The van der Waals surface area contributed by atoms with Crippen LogP contribution >= 0.6 is 0 Å². The molecule has 2 aliphatic heterocycles. The van der Waals surface area contributed by atoms with E-state index in [2.05, 4.69) is 10.6 Å². The molecule has 0 aromatic carbocycles. The molecule has 92 valence electrons. The highest BCUT2D eigenvalue weighted by molar-refractivity contribution is 5.76. The highest BCUT2D eigenvalue weighted by Crippen LogP contribution is 2.15. The maximum atomic E-state index is 11.6. The van der Waals surface area contributed by atoms with Gasteiger partial charge in [0.1, 0.15) is 0 Å². The summed E-state index contributed by atoms with van der Waals surface area (Å²) in [5.41, 5.74) is 0. The minimum absolute atomic E-state index is 0.139. The summed E-state index contributed by atoms with van der Waals surface area (Å²) in [4.78, 5) is 11.6. The van der Waals surface area contributed by atoms with Crippen molar-refractivity contribution in [2.24, 2.45) is 0 Å². The molecule has 2 atom stereocenters. The largest absolute Gasteiger partial charge is 0.378 e. The van der Waals surface area contributed by atoms with E-state index in [0.29, 0.717) is 12.5 Å². The van der Waals surface area contributed by atoms with E-state index in [1.165, 1.54) is 19.3 Å². The predicted molar refractivity (Wildman–Crippen MR) is 62.2 cm³/mol. The second kappa shape index (κ2) is 6.21. The van der Waals surface area contributed by atoms with Crippen LogP contribution in [-0.2, 0) is 9.53 Å². The van der Waals surface area contributed by atoms with Crippen molar-refractivity contribution in [2.75, 3.05) is 19.7 Å². The molecule has 0 aliphatic carbocycles. The van der Waals surface area contributed by atoms with Crippen molar-refractivity contribution >= 4 is 5.91 Å². The van der Waals surface area contributed by atoms with Crippen LogP contribution in [0.15, 0.2) is 0 Å². The molecule has 1 amide bonds. The third-order valence-electron chi connectivity index (χ3n) is 3.40. The number of carbonyl (C=O) groups is 1. The fourth-order valence-corrected chi connectivity index (χ4v) is 2.42. The van der Waals surface area contributed by atoms with Gasteiger partial charge in [-0.3, -0.25) is 4.79 Å². The van der Waals surface area contributed by atoms with Gasteiger partial charge >= 0.3 is 0 Å². The normalized spacial score (nSPS) is 30.2. The number of ether oxygens (including phenoxy) is 1. The lowest BCUT2D eigenvalue weighted by molar-refractivity contribution is -0.124. The van der Waals surface area contributed by atoms with Gasteiger partial charge in [-0.05, 0) is 38.6 Å². The topological polar surface area (TPSA) is 50.4 Å². The molecule has 0 aromatic rings. The Morgan fingerprint density at radius 2 is 2.25 bits per heavy atom. The minimum atomic E-state index is 0.139. The molecule has 0 bridgehead atoms. The first-order valence-corrected chi connectivity index (χ1v) is 6.46. The first-order chi connectivity index (χ1) is 7.84. The van der Waals surface area contributed by atoms with Crippen LogP contribution < -0.4 is 10.6 Å². The molecule has 2 N–H and O–H groups in total. The van der Waals surface area contributed by atoms with Gasteiger partial charge in [0.05, 0.1) is 12.5 Å². The van der Waals surface area contributed by atoms with Gasteiger partial charge in [0.2, 0.25) is 5.91 Å². The molecule has 2 aliphatic rings. The van der Waals surface area contributed by atoms with E-state index in [4.69, 9.17) is 4.74 Å². The van der Waals surface area contributed by atoms with Gasteiger partial charge in [-0.2, -0.15) is 0 Å².